The molecule has 0 aliphatic carbocycles. The number of pyridine rings is 1. The SMILES string of the molecule is CC.CCOc1cc2ncnc(Nc3ccc(OCc4ncccc4C)cc3Cl)c2cc1N. The molecule has 0 aliphatic heterocycles. The second-order valence-corrected chi connectivity index (χ2v) is 7.29. The number of aryl methyl sites for hydroxylation is 1. The highest BCUT2D eigenvalue weighted by atomic mass is 35.5. The number of nitrogens with zero attached hydrogens (tertiary/aromatic N) is 3. The summed E-state index contributed by atoms with van der Waals surface area (Å²) in [5.74, 6) is 1.85. The smallest absolute Gasteiger partial charge is 0.144 e. The lowest BCUT2D eigenvalue weighted by molar-refractivity contribution is 0.300. The summed E-state index contributed by atoms with van der Waals surface area (Å²) < 4.78 is 11.4. The van der Waals surface area contributed by atoms with E-state index in [-0.39, 0.29) is 0 Å². The van der Waals surface area contributed by atoms with Gasteiger partial charge in [-0.05, 0) is 43.7 Å². The van der Waals surface area contributed by atoms with Crippen molar-refractivity contribution in [2.45, 2.75) is 34.3 Å². The van der Waals surface area contributed by atoms with Crippen LogP contribution in [0.1, 0.15) is 32.0 Å². The molecule has 4 rings (SSSR count). The maximum Gasteiger partial charge on any atom is 0.144 e. The largest absolute Gasteiger partial charge is 0.492 e. The zero-order valence-electron chi connectivity index (χ0n) is 19.2. The molecule has 2 heterocycles. The van der Waals surface area contributed by atoms with Gasteiger partial charge in [0.25, 0.3) is 0 Å². The van der Waals surface area contributed by atoms with Crippen molar-refractivity contribution < 1.29 is 9.47 Å². The first-order chi connectivity index (χ1) is 16.0. The van der Waals surface area contributed by atoms with Crippen molar-refractivity contribution in [2.75, 3.05) is 17.7 Å². The topological polar surface area (TPSA) is 95.2 Å². The Balaban J connectivity index is 0.00000149. The molecule has 0 saturated heterocycles. The van der Waals surface area contributed by atoms with Crippen LogP contribution in [0.25, 0.3) is 10.9 Å². The Hall–Kier alpha value is -3.58. The second kappa shape index (κ2) is 11.3. The van der Waals surface area contributed by atoms with Crippen LogP contribution in [0.4, 0.5) is 17.2 Å². The summed E-state index contributed by atoms with van der Waals surface area (Å²) in [6.45, 7) is 8.80. The Morgan fingerprint density at radius 1 is 1.03 bits per heavy atom. The van der Waals surface area contributed by atoms with Crippen LogP contribution in [0.15, 0.2) is 55.0 Å². The van der Waals surface area contributed by atoms with Crippen molar-refractivity contribution in [3.05, 3.63) is 71.3 Å². The third-order valence-electron chi connectivity index (χ3n) is 4.75. The minimum absolute atomic E-state index is 0.369. The molecular weight excluding hydrogens is 438 g/mol. The molecule has 0 amide bonds. The van der Waals surface area contributed by atoms with E-state index in [1.165, 1.54) is 6.33 Å². The van der Waals surface area contributed by atoms with E-state index in [1.54, 1.807) is 24.4 Å². The molecule has 0 fully saturated rings. The molecule has 8 heteroatoms. The molecule has 3 N–H and O–H groups in total. The molecule has 7 nitrogen and oxygen atoms in total. The second-order valence-electron chi connectivity index (χ2n) is 6.88. The van der Waals surface area contributed by atoms with Crippen LogP contribution in [0, 0.1) is 6.92 Å². The van der Waals surface area contributed by atoms with Gasteiger partial charge in [-0.25, -0.2) is 9.97 Å². The van der Waals surface area contributed by atoms with Crippen molar-refractivity contribution in [1.82, 2.24) is 15.0 Å². The molecule has 0 aliphatic rings. The number of halogens is 1. The number of aromatic nitrogens is 3. The summed E-state index contributed by atoms with van der Waals surface area (Å²) in [6, 6.07) is 12.9. The fourth-order valence-corrected chi connectivity index (χ4v) is 3.33. The van der Waals surface area contributed by atoms with Crippen LogP contribution in [0.5, 0.6) is 11.5 Å². The third kappa shape index (κ3) is 5.81. The number of anilines is 3. The Kier molecular flexibility index (Phi) is 8.27. The number of benzene rings is 2. The predicted molar refractivity (Wildman–Crippen MR) is 135 cm³/mol. The lowest BCUT2D eigenvalue weighted by atomic mass is 10.2. The van der Waals surface area contributed by atoms with E-state index in [4.69, 9.17) is 26.8 Å². The average Bonchev–Trinajstić information content (AvgIpc) is 2.82. The highest BCUT2D eigenvalue weighted by Crippen LogP contribution is 2.34. The monoisotopic (exact) mass is 465 g/mol. The fourth-order valence-electron chi connectivity index (χ4n) is 3.12. The summed E-state index contributed by atoms with van der Waals surface area (Å²) in [7, 11) is 0. The van der Waals surface area contributed by atoms with Crippen molar-refractivity contribution in [3.8, 4) is 11.5 Å². The van der Waals surface area contributed by atoms with Gasteiger partial charge in [-0.2, -0.15) is 0 Å². The maximum atomic E-state index is 6.50. The number of fused-ring (bicyclic) bond motifs is 1. The number of nitrogens with one attached hydrogen (secondary N) is 1. The number of hydrogen-bond acceptors (Lipinski definition) is 7. The molecular formula is C25H28ClN5O2. The van der Waals surface area contributed by atoms with E-state index in [0.717, 1.165) is 22.2 Å². The van der Waals surface area contributed by atoms with Crippen molar-refractivity contribution in [3.63, 3.8) is 0 Å². The molecule has 4 aromatic rings. The van der Waals surface area contributed by atoms with E-state index in [1.807, 2.05) is 52.0 Å². The van der Waals surface area contributed by atoms with Gasteiger partial charge in [-0.15, -0.1) is 0 Å². The minimum atomic E-state index is 0.369. The van der Waals surface area contributed by atoms with Gasteiger partial charge in [-0.1, -0.05) is 31.5 Å². The lowest BCUT2D eigenvalue weighted by Crippen LogP contribution is -2.02. The first kappa shape index (κ1) is 24.1. The molecule has 33 heavy (non-hydrogen) atoms. The average molecular weight is 466 g/mol. The van der Waals surface area contributed by atoms with Crippen LogP contribution in [0.2, 0.25) is 5.02 Å². The standard InChI is InChI=1S/C23H22ClN5O2.C2H6/c1-3-30-22-11-20-16(10-18(22)25)23(28-13-27-20)29-19-7-6-15(9-17(19)24)31-12-21-14(2)5-4-8-26-21;1-2/h4-11,13H,3,12,25H2,1-2H3,(H,27,28,29);1-2H3. The van der Waals surface area contributed by atoms with Gasteiger partial charge in [0, 0.05) is 23.7 Å². The maximum absolute atomic E-state index is 6.50. The van der Waals surface area contributed by atoms with Crippen molar-refractivity contribution in [1.29, 1.82) is 0 Å². The van der Waals surface area contributed by atoms with Gasteiger partial charge in [0.1, 0.15) is 30.3 Å². The number of rotatable bonds is 7. The Morgan fingerprint density at radius 2 is 1.85 bits per heavy atom. The third-order valence-corrected chi connectivity index (χ3v) is 5.07. The van der Waals surface area contributed by atoms with Gasteiger partial charge in [-0.3, -0.25) is 4.98 Å². The van der Waals surface area contributed by atoms with Gasteiger partial charge in [0.15, 0.2) is 0 Å². The van der Waals surface area contributed by atoms with Crippen LogP contribution >= 0.6 is 11.6 Å². The summed E-state index contributed by atoms with van der Waals surface area (Å²) in [5, 5.41) is 4.53. The van der Waals surface area contributed by atoms with Gasteiger partial charge in [0.05, 0.1) is 34.2 Å². The molecule has 0 saturated carbocycles. The minimum Gasteiger partial charge on any atom is -0.492 e. The van der Waals surface area contributed by atoms with Crippen LogP contribution < -0.4 is 20.5 Å². The summed E-state index contributed by atoms with van der Waals surface area (Å²) >= 11 is 6.50. The van der Waals surface area contributed by atoms with Crippen molar-refractivity contribution in [2.24, 2.45) is 0 Å². The number of hydrogen-bond donors (Lipinski definition) is 2. The Bertz CT molecular complexity index is 1230. The highest BCUT2D eigenvalue weighted by Gasteiger charge is 2.11. The number of nitrogens with two attached hydrogens (primary N) is 1. The summed E-state index contributed by atoms with van der Waals surface area (Å²) in [6.07, 6.45) is 3.24. The van der Waals surface area contributed by atoms with Crippen molar-refractivity contribution >= 4 is 39.7 Å². The lowest BCUT2D eigenvalue weighted by Gasteiger charge is -2.13. The molecule has 0 atom stereocenters. The first-order valence-electron chi connectivity index (χ1n) is 10.8. The number of nitrogen functional groups attached to an aromatic ring is 1. The molecule has 2 aromatic carbocycles. The molecule has 172 valence electrons. The molecule has 2 aromatic heterocycles. The van der Waals surface area contributed by atoms with E-state index >= 15 is 0 Å². The normalized spacial score (nSPS) is 10.3. The van der Waals surface area contributed by atoms with Crippen LogP contribution in [0.3, 0.4) is 0 Å². The quantitative estimate of drug-likeness (QED) is 0.308. The zero-order valence-corrected chi connectivity index (χ0v) is 20.0. The summed E-state index contributed by atoms with van der Waals surface area (Å²) in [4.78, 5) is 13.0. The molecule has 0 radical (unpaired) electrons. The fraction of sp³-hybridized carbons (Fsp3) is 0.240. The zero-order chi connectivity index (χ0) is 23.8. The summed E-state index contributed by atoms with van der Waals surface area (Å²) in [5.41, 5.74) is 10.0. The van der Waals surface area contributed by atoms with Crippen LogP contribution in [-0.2, 0) is 6.61 Å². The molecule has 0 unspecified atom stereocenters. The van der Waals surface area contributed by atoms with Crippen LogP contribution in [-0.4, -0.2) is 21.6 Å². The van der Waals surface area contributed by atoms with E-state index in [0.29, 0.717) is 46.9 Å². The van der Waals surface area contributed by atoms with Gasteiger partial charge < -0.3 is 20.5 Å². The van der Waals surface area contributed by atoms with Gasteiger partial charge in [0.2, 0.25) is 0 Å². The highest BCUT2D eigenvalue weighted by molar-refractivity contribution is 6.33. The number of ether oxygens (including phenoxy) is 2. The first-order valence-corrected chi connectivity index (χ1v) is 11.2. The van der Waals surface area contributed by atoms with E-state index < -0.39 is 0 Å². The van der Waals surface area contributed by atoms with E-state index in [9.17, 15) is 0 Å². The molecule has 0 bridgehead atoms. The Labute approximate surface area is 199 Å². The van der Waals surface area contributed by atoms with E-state index in [2.05, 4.69) is 20.3 Å². The predicted octanol–water partition coefficient (Wildman–Crippen LogP) is 6.32. The van der Waals surface area contributed by atoms with Gasteiger partial charge >= 0.3 is 0 Å². The Morgan fingerprint density at radius 3 is 2.58 bits per heavy atom. The molecule has 0 spiro atoms.